The Hall–Kier alpha value is -0.410. The van der Waals surface area contributed by atoms with Gasteiger partial charge < -0.3 is 0 Å². The Morgan fingerprint density at radius 3 is 2.53 bits per heavy atom. The summed E-state index contributed by atoms with van der Waals surface area (Å²) in [6, 6.07) is 4.52. The lowest BCUT2D eigenvalue weighted by atomic mass is 9.87. The average Bonchev–Trinajstić information content (AvgIpc) is 2.21. The second-order valence-corrected chi connectivity index (χ2v) is 6.55. The molecule has 0 aliphatic heterocycles. The van der Waals surface area contributed by atoms with Crippen molar-refractivity contribution in [1.29, 1.82) is 0 Å². The van der Waals surface area contributed by atoms with E-state index < -0.39 is 11.2 Å². The molecule has 94 valence electrons. The number of Topliss-reactive ketones (excluding diaryl/α,β-unsaturated/α-hetero) is 1. The van der Waals surface area contributed by atoms with Crippen LogP contribution in [0.5, 0.6) is 0 Å². The van der Waals surface area contributed by atoms with E-state index in [2.05, 4.69) is 15.9 Å². The molecule has 1 aromatic carbocycles. The maximum atomic E-state index is 13.0. The molecule has 0 aromatic heterocycles. The number of halogens is 3. The molecule has 0 radical (unpaired) electrons. The summed E-state index contributed by atoms with van der Waals surface area (Å²) in [6.45, 7) is 5.63. The summed E-state index contributed by atoms with van der Waals surface area (Å²) in [7, 11) is 0. The molecule has 0 amide bonds. The van der Waals surface area contributed by atoms with Crippen LogP contribution in [-0.4, -0.2) is 10.6 Å². The maximum Gasteiger partial charge on any atom is 0.152 e. The van der Waals surface area contributed by atoms with E-state index >= 15 is 0 Å². The first-order valence-corrected chi connectivity index (χ1v) is 6.63. The molecule has 0 bridgehead atoms. The van der Waals surface area contributed by atoms with Crippen molar-refractivity contribution in [1.82, 2.24) is 0 Å². The highest BCUT2D eigenvalue weighted by Crippen LogP contribution is 2.24. The number of hydrogen-bond acceptors (Lipinski definition) is 1. The summed E-state index contributed by atoms with van der Waals surface area (Å²) in [5.74, 6) is -0.318. The number of ketones is 1. The minimum atomic E-state index is -0.441. The van der Waals surface area contributed by atoms with Crippen LogP contribution < -0.4 is 0 Å². The van der Waals surface area contributed by atoms with Crippen LogP contribution in [0.15, 0.2) is 18.2 Å². The Labute approximate surface area is 114 Å². The van der Waals surface area contributed by atoms with Crippen molar-refractivity contribution in [3.8, 4) is 0 Å². The summed E-state index contributed by atoms with van der Waals surface area (Å²) in [5.41, 5.74) is 0.453. The van der Waals surface area contributed by atoms with Crippen LogP contribution in [-0.2, 0) is 11.2 Å². The number of carbonyl (C=O) groups excluding carboxylic acids is 1. The third kappa shape index (κ3) is 4.07. The van der Waals surface area contributed by atoms with E-state index in [9.17, 15) is 9.18 Å². The molecule has 17 heavy (non-hydrogen) atoms. The van der Waals surface area contributed by atoms with Gasteiger partial charge in [-0.1, -0.05) is 54.4 Å². The normalized spacial score (nSPS) is 13.5. The van der Waals surface area contributed by atoms with E-state index in [0.29, 0.717) is 6.42 Å². The van der Waals surface area contributed by atoms with Gasteiger partial charge in [-0.05, 0) is 24.1 Å². The second-order valence-electron chi connectivity index (χ2n) is 5.03. The lowest BCUT2D eigenvalue weighted by Gasteiger charge is -2.20. The number of benzene rings is 1. The molecule has 0 aliphatic carbocycles. The molecular weight excluding hydrogens is 306 g/mol. The van der Waals surface area contributed by atoms with Crippen molar-refractivity contribution in [3.05, 3.63) is 34.6 Å². The number of alkyl halides is 1. The molecule has 4 heteroatoms. The quantitative estimate of drug-likeness (QED) is 0.754. The zero-order chi connectivity index (χ0) is 13.2. The molecule has 0 N–H and O–H groups in total. The molecule has 0 spiro atoms. The predicted octanol–water partition coefficient (Wildman–Crippen LogP) is 4.40. The Kier molecular flexibility index (Phi) is 4.73. The average molecular weight is 322 g/mol. The van der Waals surface area contributed by atoms with Crippen molar-refractivity contribution >= 4 is 33.3 Å². The van der Waals surface area contributed by atoms with Gasteiger partial charge in [0.05, 0.1) is 9.85 Å². The highest BCUT2D eigenvalue weighted by molar-refractivity contribution is 9.10. The fourth-order valence-electron chi connectivity index (χ4n) is 1.44. The molecular formula is C13H15BrClFO. The molecule has 0 heterocycles. The summed E-state index contributed by atoms with van der Waals surface area (Å²) in [5, 5.41) is 0.0883. The van der Waals surface area contributed by atoms with Gasteiger partial charge in [-0.2, -0.15) is 0 Å². The zero-order valence-electron chi connectivity index (χ0n) is 10.1. The van der Waals surface area contributed by atoms with Crippen molar-refractivity contribution in [2.24, 2.45) is 5.41 Å². The van der Waals surface area contributed by atoms with Gasteiger partial charge in [0.1, 0.15) is 5.82 Å². The van der Waals surface area contributed by atoms with Gasteiger partial charge in [-0.25, -0.2) is 4.39 Å². The van der Waals surface area contributed by atoms with E-state index in [1.165, 1.54) is 6.07 Å². The van der Waals surface area contributed by atoms with Crippen LogP contribution in [0.1, 0.15) is 26.3 Å². The molecule has 0 aliphatic rings. The lowest BCUT2D eigenvalue weighted by Crippen LogP contribution is -2.30. The highest BCUT2D eigenvalue weighted by atomic mass is 79.9. The van der Waals surface area contributed by atoms with Gasteiger partial charge in [0, 0.05) is 5.41 Å². The first kappa shape index (κ1) is 14.7. The van der Waals surface area contributed by atoms with Gasteiger partial charge in [-0.3, -0.25) is 4.79 Å². The molecule has 0 fully saturated rings. The van der Waals surface area contributed by atoms with Gasteiger partial charge in [-0.15, -0.1) is 0 Å². The van der Waals surface area contributed by atoms with Crippen LogP contribution in [0, 0.1) is 11.2 Å². The van der Waals surface area contributed by atoms with E-state index in [0.717, 1.165) is 5.56 Å². The summed E-state index contributed by atoms with van der Waals surface area (Å²) in [6.07, 6.45) is 0.510. The number of rotatable bonds is 3. The number of carbonyl (C=O) groups is 1. The topological polar surface area (TPSA) is 17.1 Å². The van der Waals surface area contributed by atoms with Crippen molar-refractivity contribution in [2.45, 2.75) is 32.0 Å². The Morgan fingerprint density at radius 1 is 1.47 bits per heavy atom. The smallest absolute Gasteiger partial charge is 0.152 e. The van der Waals surface area contributed by atoms with E-state index in [-0.39, 0.29) is 15.6 Å². The van der Waals surface area contributed by atoms with Crippen molar-refractivity contribution < 1.29 is 9.18 Å². The minimum absolute atomic E-state index is 0.0883. The molecule has 1 unspecified atom stereocenters. The first-order chi connectivity index (χ1) is 7.71. The third-order valence-electron chi connectivity index (χ3n) is 2.42. The van der Waals surface area contributed by atoms with Gasteiger partial charge in [0.25, 0.3) is 0 Å². The SMILES string of the molecule is CC(C)(C)C(=O)C(Br)Cc1ccc(F)c(Cl)c1. The van der Waals surface area contributed by atoms with E-state index in [4.69, 9.17) is 11.6 Å². The van der Waals surface area contributed by atoms with Gasteiger partial charge in [0.15, 0.2) is 5.78 Å². The van der Waals surface area contributed by atoms with Crippen LogP contribution in [0.2, 0.25) is 5.02 Å². The molecule has 0 saturated heterocycles. The van der Waals surface area contributed by atoms with Crippen molar-refractivity contribution in [3.63, 3.8) is 0 Å². The van der Waals surface area contributed by atoms with Gasteiger partial charge in [0.2, 0.25) is 0 Å². The van der Waals surface area contributed by atoms with Crippen molar-refractivity contribution in [2.75, 3.05) is 0 Å². The number of hydrogen-bond donors (Lipinski definition) is 0. The monoisotopic (exact) mass is 320 g/mol. The molecule has 1 rings (SSSR count). The predicted molar refractivity (Wildman–Crippen MR) is 72.3 cm³/mol. The molecule has 1 nitrogen and oxygen atoms in total. The maximum absolute atomic E-state index is 13.0. The Morgan fingerprint density at radius 2 is 2.06 bits per heavy atom. The van der Waals surface area contributed by atoms with Crippen LogP contribution in [0.4, 0.5) is 4.39 Å². The summed E-state index contributed by atoms with van der Waals surface area (Å²) < 4.78 is 13.0. The summed E-state index contributed by atoms with van der Waals surface area (Å²) >= 11 is 9.06. The van der Waals surface area contributed by atoms with Crippen LogP contribution in [0.3, 0.4) is 0 Å². The fourth-order valence-corrected chi connectivity index (χ4v) is 2.70. The standard InChI is InChI=1S/C13H15BrClFO/c1-13(2,3)12(17)9(14)6-8-4-5-11(16)10(15)7-8/h4-5,7,9H,6H2,1-3H3. The molecule has 1 aromatic rings. The lowest BCUT2D eigenvalue weighted by molar-refractivity contribution is -0.125. The fraction of sp³-hybridized carbons (Fsp3) is 0.462. The largest absolute Gasteiger partial charge is 0.298 e. The van der Waals surface area contributed by atoms with E-state index in [1.54, 1.807) is 12.1 Å². The minimum Gasteiger partial charge on any atom is -0.298 e. The van der Waals surface area contributed by atoms with Crippen LogP contribution >= 0.6 is 27.5 Å². The zero-order valence-corrected chi connectivity index (χ0v) is 12.4. The first-order valence-electron chi connectivity index (χ1n) is 5.34. The Balaban J connectivity index is 2.78. The second kappa shape index (κ2) is 5.49. The Bertz CT molecular complexity index is 426. The summed E-state index contributed by atoms with van der Waals surface area (Å²) in [4.78, 5) is 11.7. The highest BCUT2D eigenvalue weighted by Gasteiger charge is 2.27. The molecule has 1 atom stereocenters. The van der Waals surface area contributed by atoms with Crippen LogP contribution in [0.25, 0.3) is 0 Å². The van der Waals surface area contributed by atoms with Gasteiger partial charge >= 0.3 is 0 Å². The van der Waals surface area contributed by atoms with E-state index in [1.807, 2.05) is 20.8 Å². The molecule has 0 saturated carbocycles. The third-order valence-corrected chi connectivity index (χ3v) is 3.45.